The first kappa shape index (κ1) is 18.1. The molecular weight excluding hydrogens is 334 g/mol. The van der Waals surface area contributed by atoms with Crippen molar-refractivity contribution in [2.45, 2.75) is 32.3 Å². The van der Waals surface area contributed by atoms with E-state index in [2.05, 4.69) is 10.2 Å². The number of carbonyl (C=O) groups excluding carboxylic acids is 1. The molecule has 26 heavy (non-hydrogen) atoms. The van der Waals surface area contributed by atoms with Gasteiger partial charge in [0.1, 0.15) is 0 Å². The first-order chi connectivity index (χ1) is 12.5. The van der Waals surface area contributed by atoms with Crippen molar-refractivity contribution in [2.75, 3.05) is 13.1 Å². The average molecular weight is 357 g/mol. The van der Waals surface area contributed by atoms with Crippen molar-refractivity contribution in [3.8, 4) is 11.1 Å². The molecule has 1 aromatic heterocycles. The van der Waals surface area contributed by atoms with Crippen LogP contribution in [0.1, 0.15) is 36.5 Å². The number of aliphatic hydroxyl groups excluding tert-OH is 1. The molecule has 3 rings (SSSR count). The summed E-state index contributed by atoms with van der Waals surface area (Å²) >= 11 is 0. The van der Waals surface area contributed by atoms with Crippen LogP contribution in [0.2, 0.25) is 0 Å². The molecule has 0 bridgehead atoms. The minimum absolute atomic E-state index is 0.0288. The first-order valence-corrected chi connectivity index (χ1v) is 8.78. The third-order valence-corrected chi connectivity index (χ3v) is 5.21. The van der Waals surface area contributed by atoms with Crippen LogP contribution in [0.3, 0.4) is 0 Å². The molecule has 0 spiro atoms. The van der Waals surface area contributed by atoms with Gasteiger partial charge in [-0.05, 0) is 30.5 Å². The van der Waals surface area contributed by atoms with Crippen molar-refractivity contribution in [2.24, 2.45) is 5.41 Å². The SMILES string of the molecule is CCC[C@]1(C(=O)O)CCN(C(=O)c2cccc(-c3cn[nH]c3)c2)C[C@H]1O. The number of rotatable bonds is 5. The zero-order chi connectivity index (χ0) is 18.7. The van der Waals surface area contributed by atoms with Crippen LogP contribution < -0.4 is 0 Å². The Morgan fingerprint density at radius 3 is 2.81 bits per heavy atom. The molecule has 2 atom stereocenters. The molecule has 7 heteroatoms. The number of carbonyl (C=O) groups is 2. The molecule has 0 unspecified atom stereocenters. The Kier molecular flexibility index (Phi) is 5.08. The van der Waals surface area contributed by atoms with Gasteiger partial charge in [0.2, 0.25) is 0 Å². The molecule has 2 aromatic rings. The molecule has 7 nitrogen and oxygen atoms in total. The van der Waals surface area contributed by atoms with Gasteiger partial charge in [0.25, 0.3) is 5.91 Å². The van der Waals surface area contributed by atoms with Crippen LogP contribution in [0.25, 0.3) is 11.1 Å². The van der Waals surface area contributed by atoms with E-state index in [4.69, 9.17) is 0 Å². The van der Waals surface area contributed by atoms with Crippen molar-refractivity contribution in [3.05, 3.63) is 42.2 Å². The summed E-state index contributed by atoms with van der Waals surface area (Å²) < 4.78 is 0. The number of aromatic nitrogens is 2. The number of nitrogens with one attached hydrogen (secondary N) is 1. The molecule has 1 aliphatic heterocycles. The minimum Gasteiger partial charge on any atom is -0.481 e. The maximum absolute atomic E-state index is 12.8. The van der Waals surface area contributed by atoms with Gasteiger partial charge in [-0.25, -0.2) is 0 Å². The van der Waals surface area contributed by atoms with Gasteiger partial charge in [-0.15, -0.1) is 0 Å². The predicted molar refractivity (Wildman–Crippen MR) is 95.5 cm³/mol. The van der Waals surface area contributed by atoms with Crippen molar-refractivity contribution in [1.29, 1.82) is 0 Å². The summed E-state index contributed by atoms with van der Waals surface area (Å²) in [6.45, 7) is 2.25. The standard InChI is InChI=1S/C19H23N3O4/c1-2-6-19(18(25)26)7-8-22(12-16(19)23)17(24)14-5-3-4-13(9-14)15-10-20-21-11-15/h3-5,9-11,16,23H,2,6-8,12H2,1H3,(H,20,21)(H,25,26)/t16-,19+/m1/s1. The monoisotopic (exact) mass is 357 g/mol. The van der Waals surface area contributed by atoms with E-state index in [9.17, 15) is 19.8 Å². The number of carboxylic acids is 1. The maximum Gasteiger partial charge on any atom is 0.312 e. The second-order valence-corrected chi connectivity index (χ2v) is 6.80. The Labute approximate surface area is 151 Å². The van der Waals surface area contributed by atoms with E-state index in [1.807, 2.05) is 13.0 Å². The third kappa shape index (κ3) is 3.22. The van der Waals surface area contributed by atoms with Crippen LogP contribution >= 0.6 is 0 Å². The number of benzene rings is 1. The van der Waals surface area contributed by atoms with Gasteiger partial charge in [-0.1, -0.05) is 25.5 Å². The molecule has 0 saturated carbocycles. The summed E-state index contributed by atoms with van der Waals surface area (Å²) in [5.74, 6) is -1.19. The van der Waals surface area contributed by atoms with Crippen LogP contribution in [-0.4, -0.2) is 56.4 Å². The lowest BCUT2D eigenvalue weighted by Gasteiger charge is -2.42. The molecule has 1 aliphatic rings. The van der Waals surface area contributed by atoms with Crippen LogP contribution in [0, 0.1) is 5.41 Å². The van der Waals surface area contributed by atoms with E-state index in [1.54, 1.807) is 30.6 Å². The van der Waals surface area contributed by atoms with Crippen molar-refractivity contribution in [3.63, 3.8) is 0 Å². The van der Waals surface area contributed by atoms with E-state index in [0.717, 1.165) is 11.1 Å². The van der Waals surface area contributed by atoms with Gasteiger partial charge in [-0.3, -0.25) is 14.7 Å². The molecular formula is C19H23N3O4. The summed E-state index contributed by atoms with van der Waals surface area (Å²) in [5.41, 5.74) is 1.10. The summed E-state index contributed by atoms with van der Waals surface area (Å²) in [5, 5.41) is 26.8. The lowest BCUT2D eigenvalue weighted by Crippen LogP contribution is -2.56. The lowest BCUT2D eigenvalue weighted by molar-refractivity contribution is -0.162. The fourth-order valence-electron chi connectivity index (χ4n) is 3.68. The number of aromatic amines is 1. The van der Waals surface area contributed by atoms with E-state index in [0.29, 0.717) is 24.9 Å². The summed E-state index contributed by atoms with van der Waals surface area (Å²) in [4.78, 5) is 26.1. The van der Waals surface area contributed by atoms with Crippen molar-refractivity contribution >= 4 is 11.9 Å². The van der Waals surface area contributed by atoms with Gasteiger partial charge in [0.15, 0.2) is 0 Å². The summed E-state index contributed by atoms with van der Waals surface area (Å²) in [6, 6.07) is 7.20. The van der Waals surface area contributed by atoms with E-state index in [-0.39, 0.29) is 18.9 Å². The van der Waals surface area contributed by atoms with Gasteiger partial charge in [0.05, 0.1) is 17.7 Å². The third-order valence-electron chi connectivity index (χ3n) is 5.21. The number of amides is 1. The highest BCUT2D eigenvalue weighted by atomic mass is 16.4. The van der Waals surface area contributed by atoms with Crippen LogP contribution in [0.5, 0.6) is 0 Å². The normalized spacial score (nSPS) is 23.0. The van der Waals surface area contributed by atoms with Crippen LogP contribution in [-0.2, 0) is 4.79 Å². The first-order valence-electron chi connectivity index (χ1n) is 8.78. The quantitative estimate of drug-likeness (QED) is 0.760. The van der Waals surface area contributed by atoms with E-state index < -0.39 is 17.5 Å². The highest BCUT2D eigenvalue weighted by Gasteiger charge is 2.48. The van der Waals surface area contributed by atoms with Crippen molar-refractivity contribution < 1.29 is 19.8 Å². The summed E-state index contributed by atoms with van der Waals surface area (Å²) in [7, 11) is 0. The number of hydrogen-bond donors (Lipinski definition) is 3. The number of carboxylic acid groups (broad SMARTS) is 1. The van der Waals surface area contributed by atoms with Gasteiger partial charge < -0.3 is 15.1 Å². The largest absolute Gasteiger partial charge is 0.481 e. The number of likely N-dealkylation sites (tertiary alicyclic amines) is 1. The van der Waals surface area contributed by atoms with E-state index >= 15 is 0 Å². The second-order valence-electron chi connectivity index (χ2n) is 6.80. The molecule has 1 amide bonds. The van der Waals surface area contributed by atoms with Crippen molar-refractivity contribution in [1.82, 2.24) is 15.1 Å². The number of β-amino-alcohol motifs (C(OH)–C–C–N with tert-alkyl or cyclic N) is 1. The number of aliphatic carboxylic acids is 1. The lowest BCUT2D eigenvalue weighted by atomic mass is 9.72. The van der Waals surface area contributed by atoms with E-state index in [1.165, 1.54) is 4.90 Å². The number of aliphatic hydroxyl groups is 1. The van der Waals surface area contributed by atoms with Crippen LogP contribution in [0.4, 0.5) is 0 Å². The van der Waals surface area contributed by atoms with Crippen LogP contribution in [0.15, 0.2) is 36.7 Å². The average Bonchev–Trinajstić information content (AvgIpc) is 3.17. The molecule has 3 N–H and O–H groups in total. The van der Waals surface area contributed by atoms with Gasteiger partial charge >= 0.3 is 5.97 Å². The number of hydrogen-bond acceptors (Lipinski definition) is 4. The summed E-state index contributed by atoms with van der Waals surface area (Å²) in [6.07, 6.45) is 3.69. The fourth-order valence-corrected chi connectivity index (χ4v) is 3.68. The Morgan fingerprint density at radius 1 is 1.38 bits per heavy atom. The Morgan fingerprint density at radius 2 is 2.19 bits per heavy atom. The molecule has 1 fully saturated rings. The molecule has 138 valence electrons. The Bertz CT molecular complexity index is 790. The van der Waals surface area contributed by atoms with Gasteiger partial charge in [-0.2, -0.15) is 5.10 Å². The highest BCUT2D eigenvalue weighted by Crippen LogP contribution is 2.37. The Hall–Kier alpha value is -2.67. The molecule has 0 radical (unpaired) electrons. The topological polar surface area (TPSA) is 107 Å². The zero-order valence-corrected chi connectivity index (χ0v) is 14.7. The van der Waals surface area contributed by atoms with Gasteiger partial charge in [0, 0.05) is 30.4 Å². The number of piperidine rings is 1. The molecule has 2 heterocycles. The highest BCUT2D eigenvalue weighted by molar-refractivity contribution is 5.95. The molecule has 0 aliphatic carbocycles. The molecule has 1 saturated heterocycles. The number of H-pyrrole nitrogens is 1. The fraction of sp³-hybridized carbons (Fsp3) is 0.421. The number of nitrogens with zero attached hydrogens (tertiary/aromatic N) is 2. The predicted octanol–water partition coefficient (Wildman–Crippen LogP) is 2.15. The molecule has 1 aromatic carbocycles. The maximum atomic E-state index is 12.8. The smallest absolute Gasteiger partial charge is 0.312 e. The second kappa shape index (κ2) is 7.29. The Balaban J connectivity index is 1.78. The zero-order valence-electron chi connectivity index (χ0n) is 14.7. The minimum atomic E-state index is -1.16.